The highest BCUT2D eigenvalue weighted by atomic mass is 32.2. The monoisotopic (exact) mass is 476 g/mol. The fourth-order valence-electron chi connectivity index (χ4n) is 3.44. The average molecular weight is 477 g/mol. The fourth-order valence-corrected chi connectivity index (χ4v) is 4.80. The van der Waals surface area contributed by atoms with E-state index in [1.165, 1.54) is 43.0 Å². The fraction of sp³-hybridized carbons (Fsp3) is 0.125. The lowest BCUT2D eigenvalue weighted by atomic mass is 10.1. The number of nitrogens with one attached hydrogen (secondary N) is 2. The maximum absolute atomic E-state index is 15.2. The van der Waals surface area contributed by atoms with Gasteiger partial charge in [-0.2, -0.15) is 5.26 Å². The zero-order chi connectivity index (χ0) is 24.1. The van der Waals surface area contributed by atoms with Gasteiger partial charge in [-0.05, 0) is 60.6 Å². The molecule has 0 bridgehead atoms. The molecule has 172 valence electrons. The SMILES string of the molecule is CNCc1cc(-c2ccc(CNc3ccc(C#N)cn3)cc2F)n(S(=O)(=O)c2cccnc2)c1. The smallest absolute Gasteiger partial charge is 0.269 e. The van der Waals surface area contributed by atoms with E-state index < -0.39 is 15.8 Å². The van der Waals surface area contributed by atoms with E-state index in [9.17, 15) is 8.42 Å². The van der Waals surface area contributed by atoms with Gasteiger partial charge in [-0.3, -0.25) is 4.98 Å². The third-order valence-electron chi connectivity index (χ3n) is 5.09. The van der Waals surface area contributed by atoms with Gasteiger partial charge in [0.2, 0.25) is 0 Å². The Hall–Kier alpha value is -4.07. The van der Waals surface area contributed by atoms with Crippen molar-refractivity contribution in [1.82, 2.24) is 19.3 Å². The summed E-state index contributed by atoms with van der Waals surface area (Å²) in [4.78, 5) is 8.04. The van der Waals surface area contributed by atoms with Crippen molar-refractivity contribution in [2.45, 2.75) is 18.0 Å². The van der Waals surface area contributed by atoms with E-state index in [0.717, 1.165) is 3.97 Å². The Labute approximate surface area is 196 Å². The van der Waals surface area contributed by atoms with Crippen molar-refractivity contribution in [1.29, 1.82) is 5.26 Å². The molecule has 0 atom stereocenters. The standard InChI is InChI=1S/C24H21FN6O2S/c1-27-12-19-10-23(31(16-19)34(32,33)20-3-2-8-28-15-20)21-6-4-17(9-22(21)25)13-29-24-7-5-18(11-26)14-30-24/h2-10,14-16,27H,12-13H2,1H3,(H,29,30). The first-order valence-electron chi connectivity index (χ1n) is 10.3. The second-order valence-corrected chi connectivity index (χ2v) is 9.28. The zero-order valence-electron chi connectivity index (χ0n) is 18.2. The summed E-state index contributed by atoms with van der Waals surface area (Å²) >= 11 is 0. The van der Waals surface area contributed by atoms with E-state index in [-0.39, 0.29) is 16.2 Å². The molecule has 0 aliphatic carbocycles. The van der Waals surface area contributed by atoms with Crippen molar-refractivity contribution in [3.63, 3.8) is 0 Å². The maximum Gasteiger partial charge on any atom is 0.269 e. The van der Waals surface area contributed by atoms with Crippen LogP contribution in [0.4, 0.5) is 10.2 Å². The molecule has 0 aliphatic heterocycles. The second-order valence-electron chi connectivity index (χ2n) is 7.47. The molecule has 0 fully saturated rings. The lowest BCUT2D eigenvalue weighted by Gasteiger charge is -2.12. The predicted molar refractivity (Wildman–Crippen MR) is 126 cm³/mol. The van der Waals surface area contributed by atoms with Crippen molar-refractivity contribution < 1.29 is 12.8 Å². The Bertz CT molecular complexity index is 1450. The largest absolute Gasteiger partial charge is 0.366 e. The van der Waals surface area contributed by atoms with Gasteiger partial charge < -0.3 is 10.6 Å². The van der Waals surface area contributed by atoms with Crippen LogP contribution >= 0.6 is 0 Å². The molecule has 4 aromatic rings. The molecule has 3 aromatic heterocycles. The van der Waals surface area contributed by atoms with Gasteiger partial charge in [-0.15, -0.1) is 0 Å². The van der Waals surface area contributed by atoms with E-state index >= 15 is 4.39 Å². The van der Waals surface area contributed by atoms with E-state index in [0.29, 0.717) is 35.6 Å². The molecule has 34 heavy (non-hydrogen) atoms. The minimum Gasteiger partial charge on any atom is -0.366 e. The lowest BCUT2D eigenvalue weighted by molar-refractivity contribution is 0.587. The van der Waals surface area contributed by atoms with E-state index in [1.54, 1.807) is 37.4 Å². The van der Waals surface area contributed by atoms with Crippen LogP contribution in [0.15, 0.2) is 78.2 Å². The van der Waals surface area contributed by atoms with Crippen LogP contribution < -0.4 is 10.6 Å². The molecule has 10 heteroatoms. The number of nitriles is 1. The Kier molecular flexibility index (Phi) is 6.67. The van der Waals surface area contributed by atoms with Crippen LogP contribution in [-0.4, -0.2) is 29.4 Å². The summed E-state index contributed by atoms with van der Waals surface area (Å²) in [7, 11) is -2.23. The Morgan fingerprint density at radius 1 is 1.09 bits per heavy atom. The molecule has 0 amide bonds. The molecule has 0 saturated carbocycles. The van der Waals surface area contributed by atoms with Crippen LogP contribution in [0.5, 0.6) is 0 Å². The summed E-state index contributed by atoms with van der Waals surface area (Å²) in [6, 6.07) is 14.6. The number of hydrogen-bond acceptors (Lipinski definition) is 7. The third kappa shape index (κ3) is 4.80. The van der Waals surface area contributed by atoms with Gasteiger partial charge in [0, 0.05) is 43.4 Å². The van der Waals surface area contributed by atoms with Gasteiger partial charge in [0.15, 0.2) is 0 Å². The van der Waals surface area contributed by atoms with Crippen LogP contribution in [-0.2, 0) is 23.1 Å². The number of halogens is 1. The maximum atomic E-state index is 15.2. The average Bonchev–Trinajstić information content (AvgIpc) is 3.28. The highest BCUT2D eigenvalue weighted by Gasteiger charge is 2.23. The van der Waals surface area contributed by atoms with Crippen molar-refractivity contribution in [3.05, 3.63) is 95.8 Å². The third-order valence-corrected chi connectivity index (χ3v) is 6.75. The predicted octanol–water partition coefficient (Wildman–Crippen LogP) is 3.52. The number of nitrogens with zero attached hydrogens (tertiary/aromatic N) is 4. The molecule has 1 aromatic carbocycles. The summed E-state index contributed by atoms with van der Waals surface area (Å²) in [6.07, 6.45) is 5.69. The quantitative estimate of drug-likeness (QED) is 0.400. The normalized spacial score (nSPS) is 11.2. The van der Waals surface area contributed by atoms with Crippen LogP contribution in [0.3, 0.4) is 0 Å². The minimum atomic E-state index is -3.98. The molecule has 2 N–H and O–H groups in total. The molecular weight excluding hydrogens is 455 g/mol. The molecule has 3 heterocycles. The summed E-state index contributed by atoms with van der Waals surface area (Å²) in [6.45, 7) is 0.722. The molecule has 0 radical (unpaired) electrons. The molecular formula is C24H21FN6O2S. The molecule has 0 aliphatic rings. The van der Waals surface area contributed by atoms with Crippen LogP contribution in [0, 0.1) is 17.1 Å². The first-order chi connectivity index (χ1) is 16.4. The summed E-state index contributed by atoms with van der Waals surface area (Å²) < 4.78 is 42.8. The number of anilines is 1. The lowest BCUT2D eigenvalue weighted by Crippen LogP contribution is -2.14. The van der Waals surface area contributed by atoms with Gasteiger partial charge in [0.1, 0.15) is 22.6 Å². The first kappa shape index (κ1) is 23.1. The highest BCUT2D eigenvalue weighted by Crippen LogP contribution is 2.29. The van der Waals surface area contributed by atoms with Gasteiger partial charge in [-0.1, -0.05) is 6.07 Å². The van der Waals surface area contributed by atoms with Gasteiger partial charge in [0.05, 0.1) is 11.3 Å². The second kappa shape index (κ2) is 9.82. The van der Waals surface area contributed by atoms with E-state index in [4.69, 9.17) is 5.26 Å². The summed E-state index contributed by atoms with van der Waals surface area (Å²) in [5.41, 5.74) is 2.18. The molecule has 4 rings (SSSR count). The Morgan fingerprint density at radius 2 is 1.94 bits per heavy atom. The number of aromatic nitrogens is 3. The molecule has 0 saturated heterocycles. The van der Waals surface area contributed by atoms with Crippen molar-refractivity contribution in [2.24, 2.45) is 0 Å². The topological polar surface area (TPSA) is 113 Å². The van der Waals surface area contributed by atoms with Crippen molar-refractivity contribution in [2.75, 3.05) is 12.4 Å². The van der Waals surface area contributed by atoms with Crippen LogP contribution in [0.2, 0.25) is 0 Å². The summed E-state index contributed by atoms with van der Waals surface area (Å²) in [5, 5.41) is 14.9. The summed E-state index contributed by atoms with van der Waals surface area (Å²) in [5.74, 6) is 0.000430. The Balaban J connectivity index is 1.65. The van der Waals surface area contributed by atoms with E-state index in [1.807, 2.05) is 6.07 Å². The van der Waals surface area contributed by atoms with Crippen LogP contribution in [0.1, 0.15) is 16.7 Å². The molecule has 0 unspecified atom stereocenters. The highest BCUT2D eigenvalue weighted by molar-refractivity contribution is 7.90. The Morgan fingerprint density at radius 3 is 2.59 bits per heavy atom. The number of benzene rings is 1. The number of pyridine rings is 2. The van der Waals surface area contributed by atoms with Gasteiger partial charge in [-0.25, -0.2) is 21.8 Å². The molecule has 8 nitrogen and oxygen atoms in total. The zero-order valence-corrected chi connectivity index (χ0v) is 19.1. The number of hydrogen-bond donors (Lipinski definition) is 2. The van der Waals surface area contributed by atoms with Crippen LogP contribution in [0.25, 0.3) is 11.3 Å². The molecule has 0 spiro atoms. The van der Waals surface area contributed by atoms with Gasteiger partial charge >= 0.3 is 0 Å². The minimum absolute atomic E-state index is 0.0130. The number of rotatable bonds is 8. The van der Waals surface area contributed by atoms with Crippen molar-refractivity contribution in [3.8, 4) is 17.3 Å². The van der Waals surface area contributed by atoms with E-state index in [2.05, 4.69) is 20.6 Å². The van der Waals surface area contributed by atoms with Crippen molar-refractivity contribution >= 4 is 15.8 Å². The van der Waals surface area contributed by atoms with Gasteiger partial charge in [0.25, 0.3) is 10.0 Å². The first-order valence-corrected chi connectivity index (χ1v) is 11.8.